The van der Waals surface area contributed by atoms with E-state index in [-0.39, 0.29) is 12.0 Å². The highest BCUT2D eigenvalue weighted by Crippen LogP contribution is 2.33. The molecule has 4 nitrogen and oxygen atoms in total. The third kappa shape index (κ3) is 3.81. The Morgan fingerprint density at radius 3 is 2.57 bits per heavy atom. The fourth-order valence-corrected chi connectivity index (χ4v) is 3.83. The van der Waals surface area contributed by atoms with Crippen LogP contribution in [0.1, 0.15) is 18.9 Å². The van der Waals surface area contributed by atoms with Gasteiger partial charge in [-0.15, -0.1) is 0 Å². The predicted octanol–water partition coefficient (Wildman–Crippen LogP) is 4.76. The van der Waals surface area contributed by atoms with Crippen molar-refractivity contribution in [2.24, 2.45) is 5.92 Å². The monoisotopic (exact) mass is 375 g/mol. The lowest BCUT2D eigenvalue weighted by Gasteiger charge is -2.45. The smallest absolute Gasteiger partial charge is 0.310 e. The minimum atomic E-state index is -0.710. The number of aryl methyl sites for hydroxylation is 1. The first kappa shape index (κ1) is 18.4. The van der Waals surface area contributed by atoms with Crippen molar-refractivity contribution in [3.63, 3.8) is 0 Å². The number of benzene rings is 3. The number of fused-ring (bicyclic) bond motifs is 1. The van der Waals surface area contributed by atoms with Gasteiger partial charge in [0.2, 0.25) is 0 Å². The molecule has 3 aromatic carbocycles. The normalized spacial score (nSPS) is 18.7. The summed E-state index contributed by atoms with van der Waals surface area (Å²) in [6, 6.07) is 22.9. The fourth-order valence-electron chi connectivity index (χ4n) is 3.83. The highest BCUT2D eigenvalue weighted by Gasteiger charge is 2.40. The van der Waals surface area contributed by atoms with Crippen LogP contribution in [0.15, 0.2) is 66.7 Å². The van der Waals surface area contributed by atoms with Crippen molar-refractivity contribution in [2.75, 3.05) is 18.1 Å². The maximum Gasteiger partial charge on any atom is 0.310 e. The number of hydrogen-bond donors (Lipinski definition) is 1. The molecule has 0 bridgehead atoms. The Morgan fingerprint density at radius 1 is 1.07 bits per heavy atom. The van der Waals surface area contributed by atoms with Gasteiger partial charge >= 0.3 is 5.97 Å². The molecule has 4 heteroatoms. The summed E-state index contributed by atoms with van der Waals surface area (Å²) in [7, 11) is 0. The lowest BCUT2D eigenvalue weighted by atomic mass is 9.89. The standard InChI is InChI=1S/C24H25NO3/c1-17-23(24(26)27)16-25(17)21-11-9-20-15-22(12-10-19(20)14-21)28-13-5-8-18-6-3-2-4-7-18/h2-4,6-7,9-12,14-15,17,23H,5,8,13,16H2,1H3,(H,26,27). The first-order valence-corrected chi connectivity index (χ1v) is 9.82. The van der Waals surface area contributed by atoms with E-state index in [0.29, 0.717) is 13.2 Å². The number of hydrogen-bond acceptors (Lipinski definition) is 3. The molecule has 2 atom stereocenters. The number of aliphatic carboxylic acids is 1. The van der Waals surface area contributed by atoms with E-state index in [1.54, 1.807) is 0 Å². The van der Waals surface area contributed by atoms with Crippen LogP contribution < -0.4 is 9.64 Å². The molecule has 1 heterocycles. The molecule has 28 heavy (non-hydrogen) atoms. The zero-order valence-corrected chi connectivity index (χ0v) is 16.0. The molecule has 1 N–H and O–H groups in total. The maximum atomic E-state index is 11.2. The van der Waals surface area contributed by atoms with Gasteiger partial charge in [0.15, 0.2) is 0 Å². The van der Waals surface area contributed by atoms with Crippen LogP contribution in [0.5, 0.6) is 5.75 Å². The lowest BCUT2D eigenvalue weighted by molar-refractivity contribution is -0.143. The molecular weight excluding hydrogens is 350 g/mol. The molecule has 1 aliphatic rings. The van der Waals surface area contributed by atoms with E-state index in [2.05, 4.69) is 59.5 Å². The van der Waals surface area contributed by atoms with Gasteiger partial charge in [-0.2, -0.15) is 0 Å². The summed E-state index contributed by atoms with van der Waals surface area (Å²) in [6.45, 7) is 3.24. The minimum absolute atomic E-state index is 0.0298. The van der Waals surface area contributed by atoms with Crippen LogP contribution in [0.4, 0.5) is 5.69 Å². The molecule has 144 valence electrons. The van der Waals surface area contributed by atoms with Crippen molar-refractivity contribution >= 4 is 22.4 Å². The highest BCUT2D eigenvalue weighted by atomic mass is 16.5. The molecule has 0 saturated carbocycles. The van der Waals surface area contributed by atoms with Crippen LogP contribution in [-0.4, -0.2) is 30.3 Å². The average molecular weight is 375 g/mol. The Labute approximate surface area is 165 Å². The second-order valence-electron chi connectivity index (χ2n) is 7.47. The second-order valence-corrected chi connectivity index (χ2v) is 7.47. The van der Waals surface area contributed by atoms with Gasteiger partial charge in [0, 0.05) is 18.3 Å². The van der Waals surface area contributed by atoms with E-state index in [1.165, 1.54) is 5.56 Å². The van der Waals surface area contributed by atoms with Crippen molar-refractivity contribution in [1.82, 2.24) is 0 Å². The number of carbonyl (C=O) groups is 1. The van der Waals surface area contributed by atoms with Gasteiger partial charge in [0.25, 0.3) is 0 Å². The van der Waals surface area contributed by atoms with Crippen LogP contribution in [-0.2, 0) is 11.2 Å². The largest absolute Gasteiger partial charge is 0.494 e. The van der Waals surface area contributed by atoms with Crippen LogP contribution in [0, 0.1) is 5.92 Å². The van der Waals surface area contributed by atoms with Gasteiger partial charge in [-0.05, 0) is 60.4 Å². The third-order valence-electron chi connectivity index (χ3n) is 5.63. The van der Waals surface area contributed by atoms with Crippen LogP contribution in [0.3, 0.4) is 0 Å². The van der Waals surface area contributed by atoms with E-state index in [1.807, 2.05) is 19.1 Å². The number of rotatable bonds is 7. The van der Waals surface area contributed by atoms with Gasteiger partial charge in [-0.1, -0.05) is 42.5 Å². The summed E-state index contributed by atoms with van der Waals surface area (Å²) in [5.41, 5.74) is 2.41. The number of nitrogens with zero attached hydrogens (tertiary/aromatic N) is 1. The molecule has 0 aliphatic carbocycles. The Balaban J connectivity index is 1.36. The number of anilines is 1. The highest BCUT2D eigenvalue weighted by molar-refractivity contribution is 5.88. The summed E-state index contributed by atoms with van der Waals surface area (Å²) < 4.78 is 5.93. The maximum absolute atomic E-state index is 11.2. The molecule has 3 aromatic rings. The third-order valence-corrected chi connectivity index (χ3v) is 5.63. The summed E-state index contributed by atoms with van der Waals surface area (Å²) in [6.07, 6.45) is 2.00. The van der Waals surface area contributed by atoms with E-state index in [4.69, 9.17) is 4.74 Å². The van der Waals surface area contributed by atoms with Gasteiger partial charge in [0.1, 0.15) is 5.75 Å². The van der Waals surface area contributed by atoms with Crippen molar-refractivity contribution < 1.29 is 14.6 Å². The average Bonchev–Trinajstić information content (AvgIpc) is 2.70. The molecule has 1 fully saturated rings. The first-order valence-electron chi connectivity index (χ1n) is 9.82. The molecule has 2 unspecified atom stereocenters. The van der Waals surface area contributed by atoms with Crippen LogP contribution >= 0.6 is 0 Å². The summed E-state index contributed by atoms with van der Waals surface area (Å²) >= 11 is 0. The molecule has 4 rings (SSSR count). The van der Waals surface area contributed by atoms with E-state index >= 15 is 0 Å². The van der Waals surface area contributed by atoms with Crippen molar-refractivity contribution in [2.45, 2.75) is 25.8 Å². The summed E-state index contributed by atoms with van der Waals surface area (Å²) in [5, 5.41) is 11.5. The summed E-state index contributed by atoms with van der Waals surface area (Å²) in [4.78, 5) is 13.3. The van der Waals surface area contributed by atoms with E-state index < -0.39 is 5.97 Å². The zero-order chi connectivity index (χ0) is 19.5. The van der Waals surface area contributed by atoms with Gasteiger partial charge in [-0.3, -0.25) is 4.79 Å². The quantitative estimate of drug-likeness (QED) is 0.605. The van der Waals surface area contributed by atoms with Crippen molar-refractivity contribution in [1.29, 1.82) is 0 Å². The van der Waals surface area contributed by atoms with Crippen LogP contribution in [0.2, 0.25) is 0 Å². The van der Waals surface area contributed by atoms with E-state index in [9.17, 15) is 9.90 Å². The van der Waals surface area contributed by atoms with Crippen LogP contribution in [0.25, 0.3) is 10.8 Å². The van der Waals surface area contributed by atoms with E-state index in [0.717, 1.165) is 35.1 Å². The minimum Gasteiger partial charge on any atom is -0.494 e. The predicted molar refractivity (Wildman–Crippen MR) is 112 cm³/mol. The van der Waals surface area contributed by atoms with Crippen molar-refractivity contribution in [3.8, 4) is 5.75 Å². The van der Waals surface area contributed by atoms with Gasteiger partial charge in [0.05, 0.1) is 12.5 Å². The van der Waals surface area contributed by atoms with Gasteiger partial charge < -0.3 is 14.7 Å². The lowest BCUT2D eigenvalue weighted by Crippen LogP contribution is -2.57. The Morgan fingerprint density at radius 2 is 1.82 bits per heavy atom. The molecule has 0 spiro atoms. The Kier molecular flexibility index (Phi) is 5.20. The molecular formula is C24H25NO3. The molecule has 0 amide bonds. The fraction of sp³-hybridized carbons (Fsp3) is 0.292. The first-order chi connectivity index (χ1) is 13.6. The SMILES string of the molecule is CC1C(C(=O)O)CN1c1ccc2cc(OCCCc3ccccc3)ccc2c1. The number of carboxylic acids is 1. The topological polar surface area (TPSA) is 49.8 Å². The number of ether oxygens (including phenoxy) is 1. The molecule has 0 radical (unpaired) electrons. The Hall–Kier alpha value is -3.01. The second kappa shape index (κ2) is 7.93. The number of carboxylic acid groups (broad SMARTS) is 1. The van der Waals surface area contributed by atoms with Crippen molar-refractivity contribution in [3.05, 3.63) is 72.3 Å². The molecule has 1 aliphatic heterocycles. The molecule has 1 saturated heterocycles. The Bertz CT molecular complexity index is 970. The zero-order valence-electron chi connectivity index (χ0n) is 16.0. The molecule has 0 aromatic heterocycles. The summed E-state index contributed by atoms with van der Waals surface area (Å²) in [5.74, 6) is -0.0995. The van der Waals surface area contributed by atoms with Gasteiger partial charge in [-0.25, -0.2) is 0 Å².